The van der Waals surface area contributed by atoms with Gasteiger partial charge in [0.05, 0.1) is 10.0 Å². The summed E-state index contributed by atoms with van der Waals surface area (Å²) in [5.74, 6) is -0.628. The van der Waals surface area contributed by atoms with Crippen LogP contribution in [0.5, 0.6) is 0 Å². The standard InChI is InChI=1S/C13H15BrFNO/c1-13(6-3-7-13)8-16-12(17)9-4-2-5-10(15)11(9)14/h2,4-5H,3,6-8H2,1H3,(H,16,17). The summed E-state index contributed by atoms with van der Waals surface area (Å²) in [4.78, 5) is 11.9. The van der Waals surface area contributed by atoms with Crippen molar-refractivity contribution in [3.05, 3.63) is 34.1 Å². The zero-order valence-electron chi connectivity index (χ0n) is 9.72. The third-order valence-electron chi connectivity index (χ3n) is 3.43. The summed E-state index contributed by atoms with van der Waals surface area (Å²) >= 11 is 3.10. The van der Waals surface area contributed by atoms with Crippen molar-refractivity contribution < 1.29 is 9.18 Å². The van der Waals surface area contributed by atoms with E-state index < -0.39 is 5.82 Å². The fourth-order valence-corrected chi connectivity index (χ4v) is 2.47. The molecule has 0 saturated heterocycles. The van der Waals surface area contributed by atoms with Crippen molar-refractivity contribution in [2.45, 2.75) is 26.2 Å². The molecule has 1 aromatic rings. The number of nitrogens with one attached hydrogen (secondary N) is 1. The van der Waals surface area contributed by atoms with Gasteiger partial charge in [0.2, 0.25) is 0 Å². The number of hydrogen-bond donors (Lipinski definition) is 1. The second-order valence-electron chi connectivity index (χ2n) is 4.95. The Kier molecular flexibility index (Phi) is 3.52. The molecule has 0 spiro atoms. The molecule has 2 nitrogen and oxygen atoms in total. The van der Waals surface area contributed by atoms with E-state index in [-0.39, 0.29) is 15.8 Å². The zero-order valence-corrected chi connectivity index (χ0v) is 11.3. The maximum absolute atomic E-state index is 13.3. The van der Waals surface area contributed by atoms with Crippen LogP contribution in [0, 0.1) is 11.2 Å². The quantitative estimate of drug-likeness (QED) is 0.909. The maximum Gasteiger partial charge on any atom is 0.252 e. The van der Waals surface area contributed by atoms with Gasteiger partial charge in [0.15, 0.2) is 0 Å². The van der Waals surface area contributed by atoms with Gasteiger partial charge in [-0.05, 0) is 46.3 Å². The molecule has 1 fully saturated rings. The van der Waals surface area contributed by atoms with E-state index in [1.165, 1.54) is 12.5 Å². The summed E-state index contributed by atoms with van der Waals surface area (Å²) in [7, 11) is 0. The van der Waals surface area contributed by atoms with E-state index in [0.717, 1.165) is 12.8 Å². The van der Waals surface area contributed by atoms with Crippen molar-refractivity contribution in [3.8, 4) is 0 Å². The summed E-state index contributed by atoms with van der Waals surface area (Å²) in [6.45, 7) is 2.83. The van der Waals surface area contributed by atoms with Crippen molar-refractivity contribution in [2.75, 3.05) is 6.54 Å². The number of halogens is 2. The van der Waals surface area contributed by atoms with Crippen molar-refractivity contribution in [1.82, 2.24) is 5.32 Å². The van der Waals surface area contributed by atoms with E-state index in [1.54, 1.807) is 12.1 Å². The van der Waals surface area contributed by atoms with Crippen LogP contribution < -0.4 is 5.32 Å². The lowest BCUT2D eigenvalue weighted by molar-refractivity contribution is 0.0889. The Labute approximate surface area is 109 Å². The molecule has 0 bridgehead atoms. The highest BCUT2D eigenvalue weighted by Crippen LogP contribution is 2.39. The fourth-order valence-electron chi connectivity index (χ4n) is 2.03. The monoisotopic (exact) mass is 299 g/mol. The topological polar surface area (TPSA) is 29.1 Å². The second kappa shape index (κ2) is 4.77. The summed E-state index contributed by atoms with van der Waals surface area (Å²) in [6, 6.07) is 4.49. The predicted molar refractivity (Wildman–Crippen MR) is 68.4 cm³/mol. The average molecular weight is 300 g/mol. The van der Waals surface area contributed by atoms with Gasteiger partial charge in [0.1, 0.15) is 5.82 Å². The Morgan fingerprint density at radius 2 is 2.24 bits per heavy atom. The first-order valence-electron chi connectivity index (χ1n) is 5.74. The lowest BCUT2D eigenvalue weighted by atomic mass is 9.70. The molecule has 0 unspecified atom stereocenters. The van der Waals surface area contributed by atoms with Gasteiger partial charge in [-0.15, -0.1) is 0 Å². The Balaban J connectivity index is 2.02. The molecule has 92 valence electrons. The lowest BCUT2D eigenvalue weighted by Gasteiger charge is -2.38. The molecule has 2 rings (SSSR count). The number of rotatable bonds is 3. The molecule has 1 amide bonds. The number of hydrogen-bond acceptors (Lipinski definition) is 1. The third kappa shape index (κ3) is 2.68. The van der Waals surface area contributed by atoms with Gasteiger partial charge < -0.3 is 5.32 Å². The summed E-state index contributed by atoms with van der Waals surface area (Å²) in [5.41, 5.74) is 0.586. The van der Waals surface area contributed by atoms with Crippen LogP contribution >= 0.6 is 15.9 Å². The van der Waals surface area contributed by atoms with E-state index in [0.29, 0.717) is 12.1 Å². The van der Waals surface area contributed by atoms with Crippen molar-refractivity contribution in [3.63, 3.8) is 0 Å². The lowest BCUT2D eigenvalue weighted by Crippen LogP contribution is -2.40. The van der Waals surface area contributed by atoms with Crippen LogP contribution in [0.2, 0.25) is 0 Å². The van der Waals surface area contributed by atoms with Gasteiger partial charge in [-0.25, -0.2) is 4.39 Å². The van der Waals surface area contributed by atoms with Crippen molar-refractivity contribution in [1.29, 1.82) is 0 Å². The van der Waals surface area contributed by atoms with E-state index in [1.807, 2.05) is 0 Å². The minimum Gasteiger partial charge on any atom is -0.351 e. The van der Waals surface area contributed by atoms with Crippen LogP contribution in [-0.4, -0.2) is 12.5 Å². The van der Waals surface area contributed by atoms with Gasteiger partial charge in [-0.1, -0.05) is 19.4 Å². The zero-order chi connectivity index (χ0) is 12.5. The van der Waals surface area contributed by atoms with Gasteiger partial charge in [-0.3, -0.25) is 4.79 Å². The Hall–Kier alpha value is -0.900. The minimum absolute atomic E-state index is 0.218. The first-order chi connectivity index (χ1) is 8.02. The van der Waals surface area contributed by atoms with Gasteiger partial charge in [0.25, 0.3) is 5.91 Å². The minimum atomic E-state index is -0.410. The van der Waals surface area contributed by atoms with Crippen LogP contribution in [0.25, 0.3) is 0 Å². The average Bonchev–Trinajstić information content (AvgIpc) is 2.27. The smallest absolute Gasteiger partial charge is 0.252 e. The van der Waals surface area contributed by atoms with Crippen LogP contribution in [0.3, 0.4) is 0 Å². The normalized spacial score (nSPS) is 17.4. The molecular weight excluding hydrogens is 285 g/mol. The van der Waals surface area contributed by atoms with E-state index >= 15 is 0 Å². The van der Waals surface area contributed by atoms with Crippen LogP contribution in [0.15, 0.2) is 22.7 Å². The van der Waals surface area contributed by atoms with Crippen molar-refractivity contribution in [2.24, 2.45) is 5.41 Å². The van der Waals surface area contributed by atoms with Crippen LogP contribution in [-0.2, 0) is 0 Å². The highest BCUT2D eigenvalue weighted by atomic mass is 79.9. The van der Waals surface area contributed by atoms with E-state index in [9.17, 15) is 9.18 Å². The molecule has 1 aliphatic carbocycles. The fraction of sp³-hybridized carbons (Fsp3) is 0.462. The predicted octanol–water partition coefficient (Wildman–Crippen LogP) is 3.51. The Morgan fingerprint density at radius 1 is 1.53 bits per heavy atom. The van der Waals surface area contributed by atoms with Crippen LogP contribution in [0.1, 0.15) is 36.5 Å². The van der Waals surface area contributed by atoms with Gasteiger partial charge >= 0.3 is 0 Å². The molecular formula is C13H15BrFNO. The van der Waals surface area contributed by atoms with E-state index in [2.05, 4.69) is 28.2 Å². The molecule has 4 heteroatoms. The second-order valence-corrected chi connectivity index (χ2v) is 5.74. The first-order valence-corrected chi connectivity index (χ1v) is 6.53. The van der Waals surface area contributed by atoms with Gasteiger partial charge in [0, 0.05) is 6.54 Å². The number of carbonyl (C=O) groups is 1. The Morgan fingerprint density at radius 3 is 2.82 bits per heavy atom. The Bertz CT molecular complexity index is 443. The molecule has 1 aliphatic rings. The number of benzene rings is 1. The van der Waals surface area contributed by atoms with Crippen LogP contribution in [0.4, 0.5) is 4.39 Å². The molecule has 17 heavy (non-hydrogen) atoms. The highest BCUT2D eigenvalue weighted by Gasteiger charge is 2.32. The SMILES string of the molecule is CC1(CNC(=O)c2cccc(F)c2Br)CCC1. The molecule has 0 aliphatic heterocycles. The summed E-state index contributed by atoms with van der Waals surface area (Å²) in [5, 5.41) is 2.87. The first kappa shape index (κ1) is 12.6. The number of carbonyl (C=O) groups excluding carboxylic acids is 1. The molecule has 0 atom stereocenters. The molecule has 1 N–H and O–H groups in total. The molecule has 0 radical (unpaired) electrons. The molecule has 0 aromatic heterocycles. The largest absolute Gasteiger partial charge is 0.351 e. The third-order valence-corrected chi connectivity index (χ3v) is 4.24. The molecule has 1 saturated carbocycles. The maximum atomic E-state index is 13.3. The van der Waals surface area contributed by atoms with E-state index in [4.69, 9.17) is 0 Å². The molecule has 1 aromatic carbocycles. The molecule has 0 heterocycles. The summed E-state index contributed by atoms with van der Waals surface area (Å²) in [6.07, 6.45) is 3.53. The highest BCUT2D eigenvalue weighted by molar-refractivity contribution is 9.10. The number of amides is 1. The summed E-state index contributed by atoms with van der Waals surface area (Å²) < 4.78 is 13.5. The van der Waals surface area contributed by atoms with Gasteiger partial charge in [-0.2, -0.15) is 0 Å². The van der Waals surface area contributed by atoms with Crippen molar-refractivity contribution >= 4 is 21.8 Å².